The van der Waals surface area contributed by atoms with E-state index in [1.54, 1.807) is 0 Å². The van der Waals surface area contributed by atoms with Crippen LogP contribution in [0.4, 0.5) is 0 Å². The predicted molar refractivity (Wildman–Crippen MR) is 80.5 cm³/mol. The number of hydrogen-bond acceptors (Lipinski definition) is 3. The van der Waals surface area contributed by atoms with E-state index < -0.39 is 0 Å². The van der Waals surface area contributed by atoms with E-state index in [1.165, 1.54) is 51.6 Å². The Morgan fingerprint density at radius 2 is 2.16 bits per heavy atom. The van der Waals surface area contributed by atoms with Crippen molar-refractivity contribution in [3.05, 3.63) is 0 Å². The Bertz CT molecular complexity index is 251. The second-order valence-corrected chi connectivity index (χ2v) is 6.46. The van der Waals surface area contributed by atoms with Gasteiger partial charge in [0, 0.05) is 31.2 Å². The van der Waals surface area contributed by atoms with Crippen LogP contribution >= 0.6 is 0 Å². The molecule has 112 valence electrons. The molecule has 0 radical (unpaired) electrons. The Kier molecular flexibility index (Phi) is 6.11. The summed E-state index contributed by atoms with van der Waals surface area (Å²) in [5, 5.41) is 3.56. The summed E-state index contributed by atoms with van der Waals surface area (Å²) in [7, 11) is 0. The van der Waals surface area contributed by atoms with Crippen LogP contribution < -0.4 is 5.32 Å². The van der Waals surface area contributed by atoms with E-state index in [2.05, 4.69) is 24.1 Å². The van der Waals surface area contributed by atoms with Gasteiger partial charge in [-0.2, -0.15) is 0 Å². The van der Waals surface area contributed by atoms with Gasteiger partial charge < -0.3 is 10.1 Å². The molecule has 2 fully saturated rings. The molecule has 2 aliphatic heterocycles. The topological polar surface area (TPSA) is 24.5 Å². The highest BCUT2D eigenvalue weighted by molar-refractivity contribution is 4.90. The van der Waals surface area contributed by atoms with Crippen LogP contribution in [0, 0.1) is 5.41 Å². The van der Waals surface area contributed by atoms with E-state index in [4.69, 9.17) is 4.74 Å². The van der Waals surface area contributed by atoms with Crippen LogP contribution in [-0.4, -0.2) is 50.3 Å². The first-order valence-electron chi connectivity index (χ1n) is 8.32. The number of nitrogens with zero attached hydrogens (tertiary/aromatic N) is 1. The SMILES string of the molecule is CCNCC1(CN2CCCCCC2CC)CCOC1. The van der Waals surface area contributed by atoms with Gasteiger partial charge in [-0.15, -0.1) is 0 Å². The summed E-state index contributed by atoms with van der Waals surface area (Å²) in [5.74, 6) is 0. The van der Waals surface area contributed by atoms with Crippen LogP contribution in [0.3, 0.4) is 0 Å². The van der Waals surface area contributed by atoms with Gasteiger partial charge in [-0.3, -0.25) is 4.90 Å². The van der Waals surface area contributed by atoms with Crippen molar-refractivity contribution < 1.29 is 4.74 Å². The van der Waals surface area contributed by atoms with Crippen LogP contribution in [0.5, 0.6) is 0 Å². The Labute approximate surface area is 119 Å². The first-order valence-corrected chi connectivity index (χ1v) is 8.32. The largest absolute Gasteiger partial charge is 0.381 e. The van der Waals surface area contributed by atoms with Gasteiger partial charge in [0.05, 0.1) is 6.61 Å². The van der Waals surface area contributed by atoms with Crippen LogP contribution in [-0.2, 0) is 4.74 Å². The van der Waals surface area contributed by atoms with Crippen molar-refractivity contribution in [1.82, 2.24) is 10.2 Å². The summed E-state index contributed by atoms with van der Waals surface area (Å²) in [4.78, 5) is 2.78. The molecule has 3 heteroatoms. The van der Waals surface area contributed by atoms with E-state index in [-0.39, 0.29) is 0 Å². The van der Waals surface area contributed by atoms with E-state index in [1.807, 2.05) is 0 Å². The van der Waals surface area contributed by atoms with Gasteiger partial charge in [0.25, 0.3) is 0 Å². The molecule has 3 nitrogen and oxygen atoms in total. The lowest BCUT2D eigenvalue weighted by Gasteiger charge is -2.38. The third kappa shape index (κ3) is 4.17. The van der Waals surface area contributed by atoms with Crippen LogP contribution in [0.2, 0.25) is 0 Å². The molecule has 0 amide bonds. The quantitative estimate of drug-likeness (QED) is 0.801. The maximum absolute atomic E-state index is 5.73. The molecule has 2 unspecified atom stereocenters. The number of likely N-dealkylation sites (tertiary alicyclic amines) is 1. The average Bonchev–Trinajstić information content (AvgIpc) is 2.77. The summed E-state index contributed by atoms with van der Waals surface area (Å²) >= 11 is 0. The minimum absolute atomic E-state index is 0.369. The first kappa shape index (κ1) is 15.3. The van der Waals surface area contributed by atoms with Crippen molar-refractivity contribution >= 4 is 0 Å². The van der Waals surface area contributed by atoms with Gasteiger partial charge in [0.15, 0.2) is 0 Å². The Hall–Kier alpha value is -0.120. The summed E-state index contributed by atoms with van der Waals surface area (Å²) in [6.07, 6.45) is 8.16. The summed E-state index contributed by atoms with van der Waals surface area (Å²) in [5.41, 5.74) is 0.369. The minimum Gasteiger partial charge on any atom is -0.381 e. The third-order valence-corrected chi connectivity index (χ3v) is 4.94. The molecule has 0 aromatic rings. The fraction of sp³-hybridized carbons (Fsp3) is 1.00. The van der Waals surface area contributed by atoms with Gasteiger partial charge >= 0.3 is 0 Å². The van der Waals surface area contributed by atoms with Gasteiger partial charge in [-0.25, -0.2) is 0 Å². The highest BCUT2D eigenvalue weighted by Gasteiger charge is 2.37. The Morgan fingerprint density at radius 1 is 1.26 bits per heavy atom. The number of rotatable bonds is 6. The maximum atomic E-state index is 5.73. The van der Waals surface area contributed by atoms with Crippen molar-refractivity contribution in [2.24, 2.45) is 5.41 Å². The summed E-state index contributed by atoms with van der Waals surface area (Å²) in [6, 6.07) is 0.807. The lowest BCUT2D eigenvalue weighted by Crippen LogP contribution is -2.48. The van der Waals surface area contributed by atoms with E-state index in [0.29, 0.717) is 5.41 Å². The van der Waals surface area contributed by atoms with Crippen LogP contribution in [0.25, 0.3) is 0 Å². The maximum Gasteiger partial charge on any atom is 0.0547 e. The molecule has 2 aliphatic rings. The zero-order chi connectivity index (χ0) is 13.6. The standard InChI is InChI=1S/C16H32N2O/c1-3-15-8-6-5-7-10-18(15)13-16(12-17-4-2)9-11-19-14-16/h15,17H,3-14H2,1-2H3. The Morgan fingerprint density at radius 3 is 2.84 bits per heavy atom. The van der Waals surface area contributed by atoms with Crippen LogP contribution in [0.1, 0.15) is 52.4 Å². The zero-order valence-corrected chi connectivity index (χ0v) is 12.9. The summed E-state index contributed by atoms with van der Waals surface area (Å²) in [6.45, 7) is 11.2. The van der Waals surface area contributed by atoms with Crippen LogP contribution in [0.15, 0.2) is 0 Å². The van der Waals surface area contributed by atoms with Crippen molar-refractivity contribution in [2.75, 3.05) is 39.4 Å². The third-order valence-electron chi connectivity index (χ3n) is 4.94. The summed E-state index contributed by atoms with van der Waals surface area (Å²) < 4.78 is 5.73. The molecular weight excluding hydrogens is 236 g/mol. The molecule has 0 spiro atoms. The second-order valence-electron chi connectivity index (χ2n) is 6.46. The number of hydrogen-bond donors (Lipinski definition) is 1. The normalized spacial score (nSPS) is 33.5. The van der Waals surface area contributed by atoms with Crippen molar-refractivity contribution in [3.63, 3.8) is 0 Å². The molecule has 2 heterocycles. The lowest BCUT2D eigenvalue weighted by atomic mass is 9.85. The van der Waals surface area contributed by atoms with Gasteiger partial charge in [-0.1, -0.05) is 26.7 Å². The van der Waals surface area contributed by atoms with E-state index in [9.17, 15) is 0 Å². The average molecular weight is 268 g/mol. The fourth-order valence-electron chi connectivity index (χ4n) is 3.70. The van der Waals surface area contributed by atoms with E-state index >= 15 is 0 Å². The molecule has 0 bridgehead atoms. The Balaban J connectivity index is 1.97. The molecule has 0 aliphatic carbocycles. The van der Waals surface area contributed by atoms with Gasteiger partial charge in [0.2, 0.25) is 0 Å². The van der Waals surface area contributed by atoms with Crippen molar-refractivity contribution in [1.29, 1.82) is 0 Å². The smallest absolute Gasteiger partial charge is 0.0547 e. The molecule has 1 N–H and O–H groups in total. The highest BCUT2D eigenvalue weighted by atomic mass is 16.5. The van der Waals surface area contributed by atoms with Gasteiger partial charge in [-0.05, 0) is 38.8 Å². The number of nitrogens with one attached hydrogen (secondary N) is 1. The molecule has 2 rings (SSSR count). The molecule has 0 aromatic carbocycles. The van der Waals surface area contributed by atoms with Crippen molar-refractivity contribution in [2.45, 2.75) is 58.4 Å². The molecule has 0 aromatic heterocycles. The molecule has 0 saturated carbocycles. The monoisotopic (exact) mass is 268 g/mol. The predicted octanol–water partition coefficient (Wildman–Crippen LogP) is 2.66. The second kappa shape index (κ2) is 7.61. The molecular formula is C16H32N2O. The highest BCUT2D eigenvalue weighted by Crippen LogP contribution is 2.31. The molecule has 2 saturated heterocycles. The molecule has 19 heavy (non-hydrogen) atoms. The first-order chi connectivity index (χ1) is 9.29. The number of ether oxygens (including phenoxy) is 1. The minimum atomic E-state index is 0.369. The zero-order valence-electron chi connectivity index (χ0n) is 12.9. The lowest BCUT2D eigenvalue weighted by molar-refractivity contribution is 0.0847. The fourth-order valence-corrected chi connectivity index (χ4v) is 3.70. The van der Waals surface area contributed by atoms with Crippen molar-refractivity contribution in [3.8, 4) is 0 Å². The van der Waals surface area contributed by atoms with E-state index in [0.717, 1.165) is 32.3 Å². The molecule has 2 atom stereocenters. The van der Waals surface area contributed by atoms with Gasteiger partial charge in [0.1, 0.15) is 0 Å².